The van der Waals surface area contributed by atoms with Crippen LogP contribution in [0.1, 0.15) is 12.5 Å². The van der Waals surface area contributed by atoms with Crippen molar-refractivity contribution < 1.29 is 14.3 Å². The highest BCUT2D eigenvalue weighted by Gasteiger charge is 2.09. The summed E-state index contributed by atoms with van der Waals surface area (Å²) in [4.78, 5) is 29.2. The van der Waals surface area contributed by atoms with Gasteiger partial charge in [-0.2, -0.15) is 0 Å². The van der Waals surface area contributed by atoms with Crippen molar-refractivity contribution in [2.45, 2.75) is 13.5 Å². The SMILES string of the molecule is CCn1c(NNC(=O)C=Cc2cc(OC)cc(OC)c2)nc2ccccc2c1=O. The van der Waals surface area contributed by atoms with Crippen LogP contribution >= 0.6 is 0 Å². The van der Waals surface area contributed by atoms with Crippen LogP contribution in [-0.2, 0) is 11.3 Å². The molecule has 150 valence electrons. The van der Waals surface area contributed by atoms with E-state index in [1.807, 2.05) is 6.92 Å². The molecule has 2 N–H and O–H groups in total. The van der Waals surface area contributed by atoms with Crippen LogP contribution in [0.3, 0.4) is 0 Å². The van der Waals surface area contributed by atoms with Crippen molar-refractivity contribution in [1.82, 2.24) is 15.0 Å². The van der Waals surface area contributed by atoms with Crippen molar-refractivity contribution in [3.05, 3.63) is 64.5 Å². The van der Waals surface area contributed by atoms with Crippen molar-refractivity contribution in [2.75, 3.05) is 19.6 Å². The lowest BCUT2D eigenvalue weighted by Gasteiger charge is -2.13. The maximum Gasteiger partial charge on any atom is 0.262 e. The highest BCUT2D eigenvalue weighted by molar-refractivity contribution is 5.92. The van der Waals surface area contributed by atoms with Crippen molar-refractivity contribution in [1.29, 1.82) is 0 Å². The number of methoxy groups -OCH3 is 2. The van der Waals surface area contributed by atoms with E-state index in [1.54, 1.807) is 62.8 Å². The average molecular weight is 394 g/mol. The number of carbonyl (C=O) groups excluding carboxylic acids is 1. The molecule has 0 aliphatic rings. The van der Waals surface area contributed by atoms with Gasteiger partial charge in [-0.3, -0.25) is 25.0 Å². The Labute approximate surface area is 167 Å². The van der Waals surface area contributed by atoms with Crippen LogP contribution in [0.4, 0.5) is 5.95 Å². The number of amides is 1. The molecule has 29 heavy (non-hydrogen) atoms. The molecule has 2 aromatic carbocycles. The number of anilines is 1. The fourth-order valence-corrected chi connectivity index (χ4v) is 2.81. The number of hydrogen-bond acceptors (Lipinski definition) is 6. The van der Waals surface area contributed by atoms with Crippen molar-refractivity contribution in [2.24, 2.45) is 0 Å². The lowest BCUT2D eigenvalue weighted by Crippen LogP contribution is -2.33. The molecular weight excluding hydrogens is 372 g/mol. The van der Waals surface area contributed by atoms with E-state index in [1.165, 1.54) is 10.6 Å². The summed E-state index contributed by atoms with van der Waals surface area (Å²) in [6.45, 7) is 2.25. The Bertz CT molecular complexity index is 1100. The fraction of sp³-hybridized carbons (Fsp3) is 0.190. The minimum absolute atomic E-state index is 0.172. The van der Waals surface area contributed by atoms with E-state index < -0.39 is 5.91 Å². The number of benzene rings is 2. The topological polar surface area (TPSA) is 94.5 Å². The summed E-state index contributed by atoms with van der Waals surface area (Å²) >= 11 is 0. The lowest BCUT2D eigenvalue weighted by molar-refractivity contribution is -0.116. The zero-order valence-electron chi connectivity index (χ0n) is 16.4. The van der Waals surface area contributed by atoms with Gasteiger partial charge in [0, 0.05) is 18.7 Å². The quantitative estimate of drug-likeness (QED) is 0.473. The van der Waals surface area contributed by atoms with Gasteiger partial charge >= 0.3 is 0 Å². The standard InChI is InChI=1S/C21H22N4O4/c1-4-25-20(27)17-7-5-6-8-18(17)22-21(25)24-23-19(26)10-9-14-11-15(28-2)13-16(12-14)29-3/h5-13H,4H2,1-3H3,(H,22,24)(H,23,26). The molecular formula is C21H22N4O4. The Kier molecular flexibility index (Phi) is 6.13. The van der Waals surface area contributed by atoms with E-state index >= 15 is 0 Å². The summed E-state index contributed by atoms with van der Waals surface area (Å²) in [7, 11) is 3.12. The summed E-state index contributed by atoms with van der Waals surface area (Å²) in [5, 5.41) is 0.526. The monoisotopic (exact) mass is 394 g/mol. The Morgan fingerprint density at radius 3 is 2.48 bits per heavy atom. The molecule has 0 spiro atoms. The summed E-state index contributed by atoms with van der Waals surface area (Å²) in [6, 6.07) is 12.4. The van der Waals surface area contributed by atoms with Crippen LogP contribution in [0.25, 0.3) is 17.0 Å². The van der Waals surface area contributed by atoms with Crippen molar-refractivity contribution in [3.63, 3.8) is 0 Å². The average Bonchev–Trinajstić information content (AvgIpc) is 2.76. The van der Waals surface area contributed by atoms with E-state index in [2.05, 4.69) is 15.8 Å². The van der Waals surface area contributed by atoms with Gasteiger partial charge in [0.1, 0.15) is 11.5 Å². The van der Waals surface area contributed by atoms with Gasteiger partial charge in [0.25, 0.3) is 11.5 Å². The Morgan fingerprint density at radius 1 is 1.14 bits per heavy atom. The van der Waals surface area contributed by atoms with Crippen molar-refractivity contribution in [3.8, 4) is 11.5 Å². The second-order valence-electron chi connectivity index (χ2n) is 6.10. The molecule has 8 heteroatoms. The minimum Gasteiger partial charge on any atom is -0.497 e. The Balaban J connectivity index is 1.76. The van der Waals surface area contributed by atoms with E-state index in [9.17, 15) is 9.59 Å². The first-order valence-electron chi connectivity index (χ1n) is 9.02. The second-order valence-corrected chi connectivity index (χ2v) is 6.10. The van der Waals surface area contributed by atoms with Crippen LogP contribution in [0.15, 0.2) is 53.3 Å². The number of rotatable bonds is 7. The number of hydrogen-bond donors (Lipinski definition) is 2. The van der Waals surface area contributed by atoms with E-state index in [4.69, 9.17) is 9.47 Å². The predicted molar refractivity (Wildman–Crippen MR) is 112 cm³/mol. The smallest absolute Gasteiger partial charge is 0.262 e. The summed E-state index contributed by atoms with van der Waals surface area (Å²) in [6.07, 6.45) is 2.99. The number of nitrogens with one attached hydrogen (secondary N) is 2. The fourth-order valence-electron chi connectivity index (χ4n) is 2.81. The highest BCUT2D eigenvalue weighted by atomic mass is 16.5. The molecule has 0 unspecified atom stereocenters. The normalized spacial score (nSPS) is 10.9. The highest BCUT2D eigenvalue weighted by Crippen LogP contribution is 2.23. The first kappa shape index (κ1) is 19.9. The number of carbonyl (C=O) groups is 1. The minimum atomic E-state index is -0.406. The number of aromatic nitrogens is 2. The van der Waals surface area contributed by atoms with E-state index in [-0.39, 0.29) is 11.5 Å². The molecule has 0 aliphatic heterocycles. The van der Waals surface area contributed by atoms with E-state index in [0.717, 1.165) is 5.56 Å². The number of hydrazine groups is 1. The van der Waals surface area contributed by atoms with Crippen LogP contribution < -0.4 is 25.9 Å². The van der Waals surface area contributed by atoms with Gasteiger partial charge in [0.2, 0.25) is 5.95 Å². The molecule has 0 aliphatic carbocycles. The van der Waals surface area contributed by atoms with Gasteiger partial charge < -0.3 is 9.47 Å². The first-order chi connectivity index (χ1) is 14.0. The third-order valence-electron chi connectivity index (χ3n) is 4.28. The Morgan fingerprint density at radius 2 is 1.83 bits per heavy atom. The molecule has 0 radical (unpaired) electrons. The molecule has 0 bridgehead atoms. The predicted octanol–water partition coefficient (Wildman–Crippen LogP) is 2.59. The molecule has 1 heterocycles. The third-order valence-corrected chi connectivity index (χ3v) is 4.28. The van der Waals surface area contributed by atoms with Gasteiger partial charge in [-0.1, -0.05) is 12.1 Å². The largest absolute Gasteiger partial charge is 0.497 e. The number of nitrogens with zero attached hydrogens (tertiary/aromatic N) is 2. The molecule has 0 saturated heterocycles. The van der Waals surface area contributed by atoms with Crippen molar-refractivity contribution >= 4 is 28.8 Å². The molecule has 0 atom stereocenters. The zero-order valence-corrected chi connectivity index (χ0v) is 16.4. The summed E-state index contributed by atoms with van der Waals surface area (Å²) in [5.74, 6) is 1.10. The molecule has 3 rings (SSSR count). The third kappa shape index (κ3) is 4.55. The summed E-state index contributed by atoms with van der Waals surface area (Å²) < 4.78 is 11.9. The second kappa shape index (κ2) is 8.92. The summed E-state index contributed by atoms with van der Waals surface area (Å²) in [5.41, 5.74) is 6.39. The van der Waals surface area contributed by atoms with Gasteiger partial charge in [0.15, 0.2) is 0 Å². The zero-order chi connectivity index (χ0) is 20.8. The molecule has 8 nitrogen and oxygen atoms in total. The Hall–Kier alpha value is -3.81. The number of para-hydroxylation sites is 1. The van der Waals surface area contributed by atoms with Gasteiger partial charge in [-0.05, 0) is 42.8 Å². The lowest BCUT2D eigenvalue weighted by atomic mass is 10.2. The van der Waals surface area contributed by atoms with Crippen LogP contribution in [0.2, 0.25) is 0 Å². The van der Waals surface area contributed by atoms with Crippen LogP contribution in [0.5, 0.6) is 11.5 Å². The van der Waals surface area contributed by atoms with Gasteiger partial charge in [-0.15, -0.1) is 0 Å². The first-order valence-corrected chi connectivity index (χ1v) is 9.02. The van der Waals surface area contributed by atoms with Crippen LogP contribution in [0, 0.1) is 0 Å². The molecule has 0 fully saturated rings. The maximum atomic E-state index is 12.6. The number of fused-ring (bicyclic) bond motifs is 1. The van der Waals surface area contributed by atoms with Crippen LogP contribution in [-0.4, -0.2) is 29.7 Å². The maximum absolute atomic E-state index is 12.6. The molecule has 1 amide bonds. The molecule has 0 saturated carbocycles. The number of ether oxygens (including phenoxy) is 2. The van der Waals surface area contributed by atoms with Gasteiger partial charge in [-0.25, -0.2) is 4.98 Å². The van der Waals surface area contributed by atoms with Gasteiger partial charge in [0.05, 0.1) is 25.1 Å². The van der Waals surface area contributed by atoms with E-state index in [0.29, 0.717) is 28.9 Å². The molecule has 1 aromatic heterocycles. The molecule has 3 aromatic rings.